The first-order chi connectivity index (χ1) is 9.06. The normalized spacial score (nSPS) is 11.5. The van der Waals surface area contributed by atoms with E-state index in [2.05, 4.69) is 27.8 Å². The van der Waals surface area contributed by atoms with E-state index in [1.807, 2.05) is 31.2 Å². The molecule has 19 heavy (non-hydrogen) atoms. The van der Waals surface area contributed by atoms with Gasteiger partial charge in [0.1, 0.15) is 11.9 Å². The Bertz CT molecular complexity index is 636. The first kappa shape index (κ1) is 13.7. The quantitative estimate of drug-likeness (QED) is 0.790. The number of benzene rings is 2. The zero-order valence-corrected chi connectivity index (χ0v) is 12.0. The number of hydrogen-bond acceptors (Lipinski definition) is 2. The van der Waals surface area contributed by atoms with Gasteiger partial charge in [-0.2, -0.15) is 0 Å². The fraction of sp³-hybridized carbons (Fsp3) is 0.125. The molecule has 0 saturated heterocycles. The average molecular weight is 317 g/mol. The number of aliphatic hydroxyl groups is 1. The van der Waals surface area contributed by atoms with Crippen molar-refractivity contribution in [1.29, 1.82) is 0 Å². The number of halogens is 1. The molecule has 2 N–H and O–H groups in total. The van der Waals surface area contributed by atoms with Gasteiger partial charge >= 0.3 is 0 Å². The predicted molar refractivity (Wildman–Crippen MR) is 78.8 cm³/mol. The summed E-state index contributed by atoms with van der Waals surface area (Å²) in [7, 11) is 0. The van der Waals surface area contributed by atoms with Crippen LogP contribution in [0.4, 0.5) is 0 Å². The molecule has 0 bridgehead atoms. The van der Waals surface area contributed by atoms with Crippen LogP contribution in [0.2, 0.25) is 0 Å². The van der Waals surface area contributed by atoms with Gasteiger partial charge in [-0.15, -0.1) is 0 Å². The monoisotopic (exact) mass is 316 g/mol. The summed E-state index contributed by atoms with van der Waals surface area (Å²) in [5.41, 5.74) is 2.39. The number of rotatable bonds is 1. The van der Waals surface area contributed by atoms with Gasteiger partial charge in [-0.05, 0) is 37.3 Å². The Labute approximate surface area is 120 Å². The number of aryl methyl sites for hydroxylation is 1. The number of aliphatic hydroxyl groups excluding tert-OH is 1. The molecular formula is C16H13BrO2. The molecule has 0 fully saturated rings. The van der Waals surface area contributed by atoms with Gasteiger partial charge in [0.15, 0.2) is 0 Å². The van der Waals surface area contributed by atoms with Crippen molar-refractivity contribution in [2.75, 3.05) is 0 Å². The van der Waals surface area contributed by atoms with Crippen molar-refractivity contribution in [3.05, 3.63) is 63.6 Å². The average Bonchev–Trinajstić information content (AvgIpc) is 2.40. The molecule has 2 aromatic carbocycles. The molecule has 0 aliphatic rings. The van der Waals surface area contributed by atoms with Crippen molar-refractivity contribution < 1.29 is 10.2 Å². The number of phenolic OH excluding ortho intramolecular Hbond substituents is 1. The summed E-state index contributed by atoms with van der Waals surface area (Å²) >= 11 is 3.30. The highest BCUT2D eigenvalue weighted by atomic mass is 79.9. The number of aromatic hydroxyl groups is 1. The topological polar surface area (TPSA) is 40.5 Å². The molecule has 2 nitrogen and oxygen atoms in total. The molecule has 0 aliphatic carbocycles. The fourth-order valence-electron chi connectivity index (χ4n) is 1.61. The molecule has 1 unspecified atom stereocenters. The maximum atomic E-state index is 9.99. The summed E-state index contributed by atoms with van der Waals surface area (Å²) in [6.07, 6.45) is -1.01. The summed E-state index contributed by atoms with van der Waals surface area (Å²) in [6, 6.07) is 12.6. The third-order valence-electron chi connectivity index (χ3n) is 2.69. The van der Waals surface area contributed by atoms with Gasteiger partial charge in [0.05, 0.1) is 0 Å². The largest absolute Gasteiger partial charge is 0.508 e. The Hall–Kier alpha value is -1.76. The summed E-state index contributed by atoms with van der Waals surface area (Å²) in [5.74, 6) is 5.65. The molecule has 0 spiro atoms. The van der Waals surface area contributed by atoms with Crippen LogP contribution in [0.1, 0.15) is 22.8 Å². The maximum absolute atomic E-state index is 9.99. The minimum Gasteiger partial charge on any atom is -0.508 e. The molecule has 0 amide bonds. The maximum Gasteiger partial charge on any atom is 0.144 e. The Balaban J connectivity index is 2.24. The Kier molecular flexibility index (Phi) is 4.26. The predicted octanol–water partition coefficient (Wildman–Crippen LogP) is 3.55. The smallest absolute Gasteiger partial charge is 0.144 e. The molecule has 0 heterocycles. The van der Waals surface area contributed by atoms with Gasteiger partial charge in [0.2, 0.25) is 0 Å². The van der Waals surface area contributed by atoms with E-state index in [9.17, 15) is 10.2 Å². The zero-order valence-electron chi connectivity index (χ0n) is 10.4. The van der Waals surface area contributed by atoms with Crippen LogP contribution < -0.4 is 0 Å². The van der Waals surface area contributed by atoms with Crippen molar-refractivity contribution in [3.8, 4) is 17.6 Å². The van der Waals surface area contributed by atoms with Gasteiger partial charge in [-0.25, -0.2) is 0 Å². The first-order valence-corrected chi connectivity index (χ1v) is 6.60. The molecule has 0 saturated carbocycles. The lowest BCUT2D eigenvalue weighted by Gasteiger charge is -2.06. The minimum absolute atomic E-state index is 0.0360. The van der Waals surface area contributed by atoms with Crippen LogP contribution in [0.5, 0.6) is 5.75 Å². The second kappa shape index (κ2) is 5.92. The van der Waals surface area contributed by atoms with E-state index in [4.69, 9.17) is 0 Å². The SMILES string of the molecule is Cc1ccc(C#CC(O)c2cc(Br)ccc2O)cc1. The lowest BCUT2D eigenvalue weighted by atomic mass is 10.1. The van der Waals surface area contributed by atoms with Crippen LogP contribution in [-0.4, -0.2) is 10.2 Å². The zero-order chi connectivity index (χ0) is 13.8. The van der Waals surface area contributed by atoms with Gasteiger partial charge in [0.25, 0.3) is 0 Å². The van der Waals surface area contributed by atoms with Crippen molar-refractivity contribution in [3.63, 3.8) is 0 Å². The van der Waals surface area contributed by atoms with Crippen LogP contribution >= 0.6 is 15.9 Å². The van der Waals surface area contributed by atoms with Crippen LogP contribution in [0.15, 0.2) is 46.9 Å². The van der Waals surface area contributed by atoms with Crippen molar-refractivity contribution in [1.82, 2.24) is 0 Å². The van der Waals surface area contributed by atoms with Gasteiger partial charge < -0.3 is 10.2 Å². The van der Waals surface area contributed by atoms with E-state index >= 15 is 0 Å². The summed E-state index contributed by atoms with van der Waals surface area (Å²) in [5, 5.41) is 19.7. The standard InChI is InChI=1S/C16H13BrO2/c1-11-2-4-12(5-3-11)6-8-15(18)14-10-13(17)7-9-16(14)19/h2-5,7,9-10,15,18-19H,1H3. The summed E-state index contributed by atoms with van der Waals surface area (Å²) in [6.45, 7) is 2.01. The lowest BCUT2D eigenvalue weighted by molar-refractivity contribution is 0.233. The van der Waals surface area contributed by atoms with E-state index in [-0.39, 0.29) is 5.75 Å². The summed E-state index contributed by atoms with van der Waals surface area (Å²) < 4.78 is 0.788. The fourth-order valence-corrected chi connectivity index (χ4v) is 1.99. The third kappa shape index (κ3) is 3.60. The minimum atomic E-state index is -1.01. The Morgan fingerprint density at radius 3 is 2.47 bits per heavy atom. The van der Waals surface area contributed by atoms with E-state index < -0.39 is 6.10 Å². The molecule has 3 heteroatoms. The van der Waals surface area contributed by atoms with Gasteiger partial charge in [-0.1, -0.05) is 45.5 Å². The van der Waals surface area contributed by atoms with Crippen molar-refractivity contribution in [2.24, 2.45) is 0 Å². The van der Waals surface area contributed by atoms with Crippen LogP contribution in [0, 0.1) is 18.8 Å². The molecule has 96 valence electrons. The number of phenols is 1. The lowest BCUT2D eigenvalue weighted by Crippen LogP contribution is -1.94. The second-order valence-corrected chi connectivity index (χ2v) is 5.16. The van der Waals surface area contributed by atoms with E-state index in [1.165, 1.54) is 6.07 Å². The molecule has 0 aliphatic heterocycles. The number of hydrogen-bond donors (Lipinski definition) is 2. The molecule has 0 radical (unpaired) electrons. The molecule has 0 aromatic heterocycles. The Morgan fingerprint density at radius 2 is 1.79 bits per heavy atom. The van der Waals surface area contributed by atoms with Crippen molar-refractivity contribution in [2.45, 2.75) is 13.0 Å². The molecular weight excluding hydrogens is 304 g/mol. The van der Waals surface area contributed by atoms with Crippen LogP contribution in [-0.2, 0) is 0 Å². The van der Waals surface area contributed by atoms with E-state index in [0.29, 0.717) is 5.56 Å². The third-order valence-corrected chi connectivity index (χ3v) is 3.18. The summed E-state index contributed by atoms with van der Waals surface area (Å²) in [4.78, 5) is 0. The first-order valence-electron chi connectivity index (χ1n) is 5.81. The van der Waals surface area contributed by atoms with Gasteiger partial charge in [0, 0.05) is 15.6 Å². The highest BCUT2D eigenvalue weighted by molar-refractivity contribution is 9.10. The molecule has 2 rings (SSSR count). The highest BCUT2D eigenvalue weighted by Gasteiger charge is 2.09. The van der Waals surface area contributed by atoms with E-state index in [1.54, 1.807) is 12.1 Å². The highest BCUT2D eigenvalue weighted by Crippen LogP contribution is 2.27. The van der Waals surface area contributed by atoms with E-state index in [0.717, 1.165) is 15.6 Å². The molecule has 2 aromatic rings. The van der Waals surface area contributed by atoms with Crippen LogP contribution in [0.25, 0.3) is 0 Å². The second-order valence-electron chi connectivity index (χ2n) is 4.24. The van der Waals surface area contributed by atoms with Crippen molar-refractivity contribution >= 4 is 15.9 Å². The molecule has 1 atom stereocenters. The van der Waals surface area contributed by atoms with Crippen LogP contribution in [0.3, 0.4) is 0 Å². The van der Waals surface area contributed by atoms with Gasteiger partial charge in [-0.3, -0.25) is 0 Å². The Morgan fingerprint density at radius 1 is 1.11 bits per heavy atom.